The van der Waals surface area contributed by atoms with Crippen LogP contribution >= 0.6 is 11.6 Å². The number of aryl methyl sites for hydroxylation is 1. The first-order valence-electron chi connectivity index (χ1n) is 16.5. The van der Waals surface area contributed by atoms with Crippen LogP contribution in [0.5, 0.6) is 0 Å². The van der Waals surface area contributed by atoms with Crippen LogP contribution in [0.2, 0.25) is 5.02 Å². The Morgan fingerprint density at radius 1 is 0.720 bits per heavy atom. The van der Waals surface area contributed by atoms with Crippen LogP contribution in [0.15, 0.2) is 127 Å². The fourth-order valence-corrected chi connectivity index (χ4v) is 7.01. The van der Waals surface area contributed by atoms with Crippen molar-refractivity contribution in [1.29, 1.82) is 0 Å². The third kappa shape index (κ3) is 6.61. The molecule has 1 aliphatic carbocycles. The Morgan fingerprint density at radius 3 is 1.86 bits per heavy atom. The minimum atomic E-state index is -1.46. The Hall–Kier alpha value is -5.40. The van der Waals surface area contributed by atoms with Gasteiger partial charge in [0.2, 0.25) is 5.91 Å². The molecule has 0 bridgehead atoms. The van der Waals surface area contributed by atoms with Crippen molar-refractivity contribution >= 4 is 29.6 Å². The zero-order valence-corrected chi connectivity index (χ0v) is 29.3. The summed E-state index contributed by atoms with van der Waals surface area (Å²) < 4.78 is 12.4. The SMILES string of the molecule is Cc1ccc(C(OC(=O)C[C@@H](C(=O)N(C)C)N(C)C(=O)OCC2c3ccccc3-c3ccccc32)(c2ccccc2)c2ccccc2Cl)cc1. The maximum absolute atomic E-state index is 14.2. The lowest BCUT2D eigenvalue weighted by atomic mass is 9.79. The van der Waals surface area contributed by atoms with Crippen molar-refractivity contribution in [3.8, 4) is 11.1 Å². The fraction of sp³-hybridized carbons (Fsp3) is 0.214. The molecule has 1 unspecified atom stereocenters. The third-order valence-corrected chi connectivity index (χ3v) is 9.67. The van der Waals surface area contributed by atoms with E-state index in [0.717, 1.165) is 27.8 Å². The molecule has 8 heteroatoms. The van der Waals surface area contributed by atoms with E-state index in [1.807, 2.05) is 116 Å². The number of likely N-dealkylation sites (N-methyl/N-ethyl adjacent to an activating group) is 2. The van der Waals surface area contributed by atoms with E-state index in [0.29, 0.717) is 21.7 Å². The second kappa shape index (κ2) is 14.6. The summed E-state index contributed by atoms with van der Waals surface area (Å²) in [4.78, 5) is 44.1. The Bertz CT molecular complexity index is 1970. The van der Waals surface area contributed by atoms with Crippen LogP contribution in [0.4, 0.5) is 4.79 Å². The number of halogens is 1. The van der Waals surface area contributed by atoms with E-state index >= 15 is 0 Å². The number of nitrogens with zero attached hydrogens (tertiary/aromatic N) is 2. The number of hydrogen-bond acceptors (Lipinski definition) is 5. The highest BCUT2D eigenvalue weighted by molar-refractivity contribution is 6.31. The van der Waals surface area contributed by atoms with Gasteiger partial charge < -0.3 is 14.4 Å². The lowest BCUT2D eigenvalue weighted by Crippen LogP contribution is -2.49. The van der Waals surface area contributed by atoms with Crippen LogP contribution < -0.4 is 0 Å². The molecule has 0 spiro atoms. The molecular weight excluding hydrogens is 648 g/mol. The summed E-state index contributed by atoms with van der Waals surface area (Å²) in [6, 6.07) is 39.2. The number of ether oxygens (including phenoxy) is 2. The molecule has 0 saturated heterocycles. The molecule has 2 atom stereocenters. The molecule has 6 rings (SSSR count). The van der Waals surface area contributed by atoms with Crippen molar-refractivity contribution in [3.63, 3.8) is 0 Å². The van der Waals surface area contributed by atoms with Gasteiger partial charge in [-0.3, -0.25) is 14.5 Å². The molecule has 7 nitrogen and oxygen atoms in total. The standard InChI is InChI=1S/C42H39ClN2O5/c1-28-22-24-30(25-23-28)42(29-14-6-5-7-15-29,36-20-12-13-21-37(36)43)50-39(46)26-38(40(47)44(2)3)45(4)41(48)49-27-35-33-18-10-8-16-31(33)32-17-9-11-19-34(32)35/h5-25,35,38H,26-27H2,1-4H3/t38-,42?/m0/s1. The zero-order chi connectivity index (χ0) is 35.4. The molecule has 0 radical (unpaired) electrons. The topological polar surface area (TPSA) is 76.2 Å². The summed E-state index contributed by atoms with van der Waals surface area (Å²) in [5.74, 6) is -1.31. The molecule has 254 valence electrons. The van der Waals surface area contributed by atoms with Gasteiger partial charge in [0.15, 0.2) is 5.60 Å². The van der Waals surface area contributed by atoms with Crippen LogP contribution in [0.3, 0.4) is 0 Å². The van der Waals surface area contributed by atoms with E-state index in [9.17, 15) is 14.4 Å². The second-order valence-electron chi connectivity index (χ2n) is 12.7. The Kier molecular flexibility index (Phi) is 10.1. The molecule has 2 amide bonds. The van der Waals surface area contributed by atoms with E-state index in [1.54, 1.807) is 20.2 Å². The molecule has 1 aliphatic rings. The quantitative estimate of drug-likeness (QED) is 0.109. The van der Waals surface area contributed by atoms with Crippen molar-refractivity contribution in [2.75, 3.05) is 27.7 Å². The molecule has 0 fully saturated rings. The van der Waals surface area contributed by atoms with Crippen LogP contribution in [0.1, 0.15) is 45.7 Å². The predicted octanol–water partition coefficient (Wildman–Crippen LogP) is 8.21. The Balaban J connectivity index is 1.30. The monoisotopic (exact) mass is 686 g/mol. The minimum Gasteiger partial charge on any atom is -0.448 e. The average molecular weight is 687 g/mol. The average Bonchev–Trinajstić information content (AvgIpc) is 3.45. The summed E-state index contributed by atoms with van der Waals surface area (Å²) in [5, 5.41) is 0.404. The van der Waals surface area contributed by atoms with Crippen LogP contribution in [0.25, 0.3) is 11.1 Å². The largest absolute Gasteiger partial charge is 0.448 e. The maximum Gasteiger partial charge on any atom is 0.410 e. The van der Waals surface area contributed by atoms with Gasteiger partial charge in [0.05, 0.1) is 6.42 Å². The molecule has 50 heavy (non-hydrogen) atoms. The second-order valence-corrected chi connectivity index (χ2v) is 13.1. The van der Waals surface area contributed by atoms with Crippen molar-refractivity contribution in [1.82, 2.24) is 9.80 Å². The van der Waals surface area contributed by atoms with Gasteiger partial charge in [0.1, 0.15) is 12.6 Å². The summed E-state index contributed by atoms with van der Waals surface area (Å²) in [7, 11) is 4.63. The van der Waals surface area contributed by atoms with Gasteiger partial charge in [-0.2, -0.15) is 0 Å². The van der Waals surface area contributed by atoms with Gasteiger partial charge >= 0.3 is 12.1 Å². The van der Waals surface area contributed by atoms with Crippen LogP contribution in [-0.4, -0.2) is 61.6 Å². The van der Waals surface area contributed by atoms with Gasteiger partial charge in [-0.05, 0) is 35.2 Å². The number of carbonyl (C=O) groups excluding carboxylic acids is 3. The maximum atomic E-state index is 14.2. The van der Waals surface area contributed by atoms with E-state index in [-0.39, 0.29) is 12.5 Å². The normalized spacial score (nSPS) is 13.7. The predicted molar refractivity (Wildman–Crippen MR) is 195 cm³/mol. The first-order valence-corrected chi connectivity index (χ1v) is 16.9. The zero-order valence-electron chi connectivity index (χ0n) is 28.5. The number of carbonyl (C=O) groups is 3. The number of fused-ring (bicyclic) bond motifs is 3. The van der Waals surface area contributed by atoms with Gasteiger partial charge in [-0.25, -0.2) is 4.79 Å². The van der Waals surface area contributed by atoms with Crippen molar-refractivity contribution in [2.45, 2.75) is 30.9 Å². The molecule has 5 aromatic rings. The Morgan fingerprint density at radius 2 is 1.26 bits per heavy atom. The van der Waals surface area contributed by atoms with Gasteiger partial charge in [0.25, 0.3) is 0 Å². The molecule has 0 heterocycles. The molecular formula is C42H39ClN2O5. The first kappa shape index (κ1) is 34.5. The first-order chi connectivity index (χ1) is 24.1. The van der Waals surface area contributed by atoms with Crippen molar-refractivity contribution < 1.29 is 23.9 Å². The molecule has 0 aromatic heterocycles. The fourth-order valence-electron chi connectivity index (χ4n) is 6.74. The van der Waals surface area contributed by atoms with Crippen molar-refractivity contribution in [3.05, 3.63) is 166 Å². The number of hydrogen-bond donors (Lipinski definition) is 0. The van der Waals surface area contributed by atoms with Crippen LogP contribution in [-0.2, 0) is 24.7 Å². The van der Waals surface area contributed by atoms with E-state index in [1.165, 1.54) is 16.8 Å². The number of esters is 1. The number of rotatable bonds is 10. The van der Waals surface area contributed by atoms with E-state index < -0.39 is 36.0 Å². The highest BCUT2D eigenvalue weighted by Crippen LogP contribution is 2.45. The van der Waals surface area contributed by atoms with Crippen LogP contribution in [0, 0.1) is 6.92 Å². The minimum absolute atomic E-state index is 0.0710. The highest BCUT2D eigenvalue weighted by atomic mass is 35.5. The van der Waals surface area contributed by atoms with Gasteiger partial charge in [0, 0.05) is 48.8 Å². The van der Waals surface area contributed by atoms with Crippen molar-refractivity contribution in [2.24, 2.45) is 0 Å². The number of amides is 2. The highest BCUT2D eigenvalue weighted by Gasteiger charge is 2.43. The van der Waals surface area contributed by atoms with E-state index in [4.69, 9.17) is 21.1 Å². The van der Waals surface area contributed by atoms with Gasteiger partial charge in [-0.15, -0.1) is 0 Å². The summed E-state index contributed by atoms with van der Waals surface area (Å²) >= 11 is 6.84. The lowest BCUT2D eigenvalue weighted by molar-refractivity contribution is -0.157. The molecule has 5 aromatic carbocycles. The molecule has 0 aliphatic heterocycles. The molecule has 0 N–H and O–H groups in total. The third-order valence-electron chi connectivity index (χ3n) is 9.34. The van der Waals surface area contributed by atoms with E-state index in [2.05, 4.69) is 12.1 Å². The lowest BCUT2D eigenvalue weighted by Gasteiger charge is -2.37. The summed E-state index contributed by atoms with van der Waals surface area (Å²) in [6.07, 6.45) is -1.15. The number of benzene rings is 5. The summed E-state index contributed by atoms with van der Waals surface area (Å²) in [6.45, 7) is 2.05. The summed E-state index contributed by atoms with van der Waals surface area (Å²) in [5.41, 5.74) is 5.83. The molecule has 0 saturated carbocycles. The Labute approximate surface area is 298 Å². The smallest absolute Gasteiger partial charge is 0.410 e. The van der Waals surface area contributed by atoms with Gasteiger partial charge in [-0.1, -0.05) is 138 Å².